The first-order chi connectivity index (χ1) is 10.2. The van der Waals surface area contributed by atoms with E-state index in [1.165, 1.54) is 16.9 Å². The van der Waals surface area contributed by atoms with Crippen molar-refractivity contribution >= 4 is 38.3 Å². The molecule has 21 heavy (non-hydrogen) atoms. The summed E-state index contributed by atoms with van der Waals surface area (Å²) in [5, 5.41) is 6.55. The fourth-order valence-corrected chi connectivity index (χ4v) is 3.21. The van der Waals surface area contributed by atoms with Gasteiger partial charge in [-0.15, -0.1) is 11.3 Å². The molecule has 2 rings (SSSR count). The van der Waals surface area contributed by atoms with Crippen molar-refractivity contribution in [3.05, 3.63) is 45.4 Å². The number of rotatable bonds is 7. The highest BCUT2D eigenvalue weighted by Gasteiger charge is 2.07. The summed E-state index contributed by atoms with van der Waals surface area (Å²) in [5.74, 6) is 0.0219. The molecular formula is C15H18BrN3OS. The number of thiazole rings is 1. The third kappa shape index (κ3) is 5.57. The maximum Gasteiger partial charge on any atom is 0.226 e. The van der Waals surface area contributed by atoms with Crippen LogP contribution in [-0.2, 0) is 11.2 Å². The molecule has 6 heteroatoms. The van der Waals surface area contributed by atoms with Gasteiger partial charge >= 0.3 is 0 Å². The number of benzene rings is 1. The molecule has 0 aliphatic carbocycles. The summed E-state index contributed by atoms with van der Waals surface area (Å²) in [6.07, 6.45) is 4.00. The lowest BCUT2D eigenvalue weighted by atomic mass is 10.1. The van der Waals surface area contributed by atoms with Crippen LogP contribution in [0, 0.1) is 0 Å². The number of anilines is 1. The van der Waals surface area contributed by atoms with E-state index in [-0.39, 0.29) is 5.91 Å². The van der Waals surface area contributed by atoms with Gasteiger partial charge in [0, 0.05) is 28.4 Å². The van der Waals surface area contributed by atoms with Crippen molar-refractivity contribution in [2.24, 2.45) is 0 Å². The second kappa shape index (κ2) is 8.26. The van der Waals surface area contributed by atoms with Crippen molar-refractivity contribution < 1.29 is 4.79 Å². The van der Waals surface area contributed by atoms with E-state index in [4.69, 9.17) is 0 Å². The number of amides is 1. The monoisotopic (exact) mass is 367 g/mol. The lowest BCUT2D eigenvalue weighted by molar-refractivity contribution is -0.116. The van der Waals surface area contributed by atoms with E-state index in [0.717, 1.165) is 28.7 Å². The van der Waals surface area contributed by atoms with Gasteiger partial charge in [0.15, 0.2) is 5.13 Å². The van der Waals surface area contributed by atoms with Crippen molar-refractivity contribution in [1.29, 1.82) is 0 Å². The Morgan fingerprint density at radius 3 is 3.05 bits per heavy atom. The largest absolute Gasteiger partial charge is 0.320 e. The minimum atomic E-state index is 0.0219. The van der Waals surface area contributed by atoms with E-state index < -0.39 is 0 Å². The predicted octanol–water partition coefficient (Wildman–Crippen LogP) is 3.43. The Morgan fingerprint density at radius 1 is 1.43 bits per heavy atom. The SMILES string of the molecule is CNCCCC(=O)Nc1ncc(Cc2cccc(Br)c2)s1. The van der Waals surface area contributed by atoms with Crippen molar-refractivity contribution in [3.63, 3.8) is 0 Å². The third-order valence-electron chi connectivity index (χ3n) is 2.90. The lowest BCUT2D eigenvalue weighted by Gasteiger charge is -2.01. The smallest absolute Gasteiger partial charge is 0.226 e. The van der Waals surface area contributed by atoms with Gasteiger partial charge < -0.3 is 10.6 Å². The molecule has 0 radical (unpaired) electrons. The highest BCUT2D eigenvalue weighted by Crippen LogP contribution is 2.22. The van der Waals surface area contributed by atoms with Gasteiger partial charge in [0.05, 0.1) is 0 Å². The molecule has 0 atom stereocenters. The molecule has 0 saturated heterocycles. The number of hydrogen-bond donors (Lipinski definition) is 2. The fraction of sp³-hybridized carbons (Fsp3) is 0.333. The zero-order valence-corrected chi connectivity index (χ0v) is 14.3. The van der Waals surface area contributed by atoms with Crippen LogP contribution in [0.3, 0.4) is 0 Å². The summed E-state index contributed by atoms with van der Waals surface area (Å²) in [7, 11) is 1.88. The third-order valence-corrected chi connectivity index (χ3v) is 4.30. The average Bonchev–Trinajstić information content (AvgIpc) is 2.86. The molecule has 0 saturated carbocycles. The quantitative estimate of drug-likeness (QED) is 0.737. The molecular weight excluding hydrogens is 350 g/mol. The van der Waals surface area contributed by atoms with Crippen molar-refractivity contribution in [1.82, 2.24) is 10.3 Å². The maximum absolute atomic E-state index is 11.7. The number of carbonyl (C=O) groups is 1. The summed E-state index contributed by atoms with van der Waals surface area (Å²) in [6, 6.07) is 8.20. The highest BCUT2D eigenvalue weighted by molar-refractivity contribution is 9.10. The lowest BCUT2D eigenvalue weighted by Crippen LogP contribution is -2.14. The molecule has 0 spiro atoms. The maximum atomic E-state index is 11.7. The zero-order valence-electron chi connectivity index (χ0n) is 11.9. The van der Waals surface area contributed by atoms with E-state index in [0.29, 0.717) is 11.6 Å². The summed E-state index contributed by atoms with van der Waals surface area (Å²) in [4.78, 5) is 17.1. The Morgan fingerprint density at radius 2 is 2.29 bits per heavy atom. The molecule has 1 aromatic heterocycles. The number of halogens is 1. The van der Waals surface area contributed by atoms with Crippen LogP contribution >= 0.6 is 27.3 Å². The number of nitrogens with one attached hydrogen (secondary N) is 2. The van der Waals surface area contributed by atoms with Crippen LogP contribution in [0.5, 0.6) is 0 Å². The Bertz CT molecular complexity index is 600. The Labute approximate surface area is 137 Å². The number of aromatic nitrogens is 1. The average molecular weight is 368 g/mol. The normalized spacial score (nSPS) is 10.6. The standard InChI is InChI=1S/C15H18BrN3OS/c1-17-7-3-6-14(20)19-15-18-10-13(21-15)9-11-4-2-5-12(16)8-11/h2,4-5,8,10,17H,3,6-7,9H2,1H3,(H,18,19,20). The second-order valence-corrected chi connectivity index (χ2v) is 6.72. The Kier molecular flexibility index (Phi) is 6.35. The van der Waals surface area contributed by atoms with E-state index in [9.17, 15) is 4.79 Å². The van der Waals surface area contributed by atoms with Crippen LogP contribution in [0.4, 0.5) is 5.13 Å². The Hall–Kier alpha value is -1.24. The van der Waals surface area contributed by atoms with Gasteiger partial charge in [-0.05, 0) is 37.7 Å². The minimum Gasteiger partial charge on any atom is -0.320 e. The molecule has 0 aliphatic rings. The van der Waals surface area contributed by atoms with Gasteiger partial charge in [0.25, 0.3) is 0 Å². The zero-order chi connectivity index (χ0) is 15.1. The number of carbonyl (C=O) groups excluding carboxylic acids is 1. The number of nitrogens with zero attached hydrogens (tertiary/aromatic N) is 1. The minimum absolute atomic E-state index is 0.0219. The first-order valence-electron chi connectivity index (χ1n) is 6.81. The van der Waals surface area contributed by atoms with Gasteiger partial charge in [-0.3, -0.25) is 4.79 Å². The van der Waals surface area contributed by atoms with Crippen LogP contribution < -0.4 is 10.6 Å². The van der Waals surface area contributed by atoms with Gasteiger partial charge in [0.1, 0.15) is 0 Å². The fourth-order valence-electron chi connectivity index (χ4n) is 1.90. The van der Waals surface area contributed by atoms with E-state index in [1.54, 1.807) is 0 Å². The van der Waals surface area contributed by atoms with E-state index in [1.807, 2.05) is 25.4 Å². The van der Waals surface area contributed by atoms with Crippen LogP contribution in [0.15, 0.2) is 34.9 Å². The summed E-state index contributed by atoms with van der Waals surface area (Å²) in [6.45, 7) is 0.847. The summed E-state index contributed by atoms with van der Waals surface area (Å²) >= 11 is 5.00. The first-order valence-corrected chi connectivity index (χ1v) is 8.42. The molecule has 0 bridgehead atoms. The molecule has 4 nitrogen and oxygen atoms in total. The van der Waals surface area contributed by atoms with Crippen LogP contribution in [0.2, 0.25) is 0 Å². The van der Waals surface area contributed by atoms with E-state index in [2.05, 4.69) is 43.7 Å². The topological polar surface area (TPSA) is 54.0 Å². The van der Waals surface area contributed by atoms with Crippen LogP contribution in [0.1, 0.15) is 23.3 Å². The van der Waals surface area contributed by atoms with Gasteiger partial charge in [0.2, 0.25) is 5.91 Å². The summed E-state index contributed by atoms with van der Waals surface area (Å²) in [5.41, 5.74) is 1.22. The molecule has 2 N–H and O–H groups in total. The number of hydrogen-bond acceptors (Lipinski definition) is 4. The van der Waals surface area contributed by atoms with Crippen molar-refractivity contribution in [3.8, 4) is 0 Å². The molecule has 112 valence electrons. The predicted molar refractivity (Wildman–Crippen MR) is 90.9 cm³/mol. The van der Waals surface area contributed by atoms with Crippen molar-refractivity contribution in [2.45, 2.75) is 19.3 Å². The molecule has 2 aromatic rings. The van der Waals surface area contributed by atoms with Gasteiger partial charge in [-0.25, -0.2) is 4.98 Å². The highest BCUT2D eigenvalue weighted by atomic mass is 79.9. The van der Waals surface area contributed by atoms with Gasteiger partial charge in [-0.1, -0.05) is 28.1 Å². The van der Waals surface area contributed by atoms with Gasteiger partial charge in [-0.2, -0.15) is 0 Å². The molecule has 0 fully saturated rings. The van der Waals surface area contributed by atoms with Crippen LogP contribution in [-0.4, -0.2) is 24.5 Å². The molecule has 1 aromatic carbocycles. The van der Waals surface area contributed by atoms with E-state index >= 15 is 0 Å². The molecule has 0 aliphatic heterocycles. The van der Waals surface area contributed by atoms with Crippen LogP contribution in [0.25, 0.3) is 0 Å². The second-order valence-electron chi connectivity index (χ2n) is 4.69. The molecule has 0 unspecified atom stereocenters. The molecule has 1 heterocycles. The first kappa shape index (κ1) is 16.1. The summed E-state index contributed by atoms with van der Waals surface area (Å²) < 4.78 is 1.07. The van der Waals surface area contributed by atoms with Crippen molar-refractivity contribution in [2.75, 3.05) is 18.9 Å². The Balaban J connectivity index is 1.88. The molecule has 1 amide bonds.